The van der Waals surface area contributed by atoms with Gasteiger partial charge in [0.05, 0.1) is 17.7 Å². The maximum absolute atomic E-state index is 11.7. The molecule has 4 aromatic rings. The summed E-state index contributed by atoms with van der Waals surface area (Å²) in [6.07, 6.45) is 2.79. The van der Waals surface area contributed by atoms with E-state index in [4.69, 9.17) is 25.6 Å². The lowest BCUT2D eigenvalue weighted by molar-refractivity contribution is -0.143. The summed E-state index contributed by atoms with van der Waals surface area (Å²) in [5.41, 5.74) is 3.51. The van der Waals surface area contributed by atoms with Crippen LogP contribution in [-0.4, -0.2) is 33.8 Å². The summed E-state index contributed by atoms with van der Waals surface area (Å²) >= 11 is 6.35. The van der Waals surface area contributed by atoms with E-state index in [9.17, 15) is 4.79 Å². The number of carbonyl (C=O) groups excluding carboxylic acids is 1. The van der Waals surface area contributed by atoms with Gasteiger partial charge in [0, 0.05) is 34.6 Å². The number of hydrogen-bond acceptors (Lipinski definition) is 6. The number of hydrogen-bond donors (Lipinski definition) is 1. The van der Waals surface area contributed by atoms with Gasteiger partial charge in [-0.1, -0.05) is 28.9 Å². The number of aromatic nitrogens is 3. The number of fused-ring (bicyclic) bond motifs is 1. The van der Waals surface area contributed by atoms with Crippen molar-refractivity contribution in [2.24, 2.45) is 0 Å². The molecule has 0 amide bonds. The van der Waals surface area contributed by atoms with Crippen molar-refractivity contribution in [1.82, 2.24) is 15.1 Å². The molecule has 0 radical (unpaired) electrons. The maximum Gasteiger partial charge on any atom is 0.306 e. The third-order valence-electron chi connectivity index (χ3n) is 4.92. The molecule has 0 atom stereocenters. The zero-order valence-electron chi connectivity index (χ0n) is 18.1. The highest BCUT2D eigenvalue weighted by atomic mass is 35.5. The van der Waals surface area contributed by atoms with Gasteiger partial charge in [0.1, 0.15) is 5.75 Å². The zero-order valence-corrected chi connectivity index (χ0v) is 18.9. The van der Waals surface area contributed by atoms with Crippen molar-refractivity contribution in [2.45, 2.75) is 39.7 Å². The van der Waals surface area contributed by atoms with Gasteiger partial charge >= 0.3 is 5.97 Å². The van der Waals surface area contributed by atoms with Crippen LogP contribution in [0.3, 0.4) is 0 Å². The molecule has 0 fully saturated rings. The third kappa shape index (κ3) is 4.62. The molecular weight excluding hydrogens is 430 g/mol. The van der Waals surface area contributed by atoms with Crippen LogP contribution in [0.15, 0.2) is 47.1 Å². The van der Waals surface area contributed by atoms with E-state index in [1.807, 2.05) is 44.3 Å². The van der Waals surface area contributed by atoms with Gasteiger partial charge in [0.25, 0.3) is 5.89 Å². The summed E-state index contributed by atoms with van der Waals surface area (Å²) in [6.45, 7) is 6.07. The van der Waals surface area contributed by atoms with Crippen LogP contribution in [0.25, 0.3) is 33.7 Å². The van der Waals surface area contributed by atoms with Crippen molar-refractivity contribution in [3.63, 3.8) is 0 Å². The van der Waals surface area contributed by atoms with Crippen LogP contribution < -0.4 is 4.74 Å². The maximum atomic E-state index is 11.7. The van der Waals surface area contributed by atoms with E-state index in [1.54, 1.807) is 19.1 Å². The second kappa shape index (κ2) is 9.44. The number of H-pyrrole nitrogens is 1. The molecule has 7 nitrogen and oxygen atoms in total. The first-order valence-electron chi connectivity index (χ1n) is 10.5. The zero-order chi connectivity index (χ0) is 22.7. The SMILES string of the molecule is CCOC(=O)CCc1ccc(-c2noc(-c3ccc(OC(C)C)c(Cl)c3)n2)c2cc[nH]c12. The topological polar surface area (TPSA) is 90.2 Å². The number of rotatable bonds is 8. The highest BCUT2D eigenvalue weighted by molar-refractivity contribution is 6.32. The fourth-order valence-corrected chi connectivity index (χ4v) is 3.75. The standard InChI is InChI=1S/C24H24ClN3O4/c1-4-30-21(29)10-7-15-5-8-18(17-11-12-26-22(15)17)23-27-24(32-28-23)16-6-9-20(19(25)13-16)31-14(2)3/h5-6,8-9,11-14,26H,4,7,10H2,1-3H3. The first-order valence-corrected chi connectivity index (χ1v) is 10.9. The van der Waals surface area contributed by atoms with E-state index >= 15 is 0 Å². The normalized spacial score (nSPS) is 11.3. The molecule has 0 saturated carbocycles. The van der Waals surface area contributed by atoms with E-state index in [-0.39, 0.29) is 12.1 Å². The first kappa shape index (κ1) is 21.9. The van der Waals surface area contributed by atoms with Crippen LogP contribution in [0.4, 0.5) is 0 Å². The number of ether oxygens (including phenoxy) is 2. The summed E-state index contributed by atoms with van der Waals surface area (Å²) in [7, 11) is 0. The molecule has 8 heteroatoms. The van der Waals surface area contributed by atoms with E-state index in [0.29, 0.717) is 47.5 Å². The van der Waals surface area contributed by atoms with Crippen LogP contribution in [0.5, 0.6) is 5.75 Å². The average Bonchev–Trinajstić information content (AvgIpc) is 3.43. The Hall–Kier alpha value is -3.32. The number of carbonyl (C=O) groups is 1. The van der Waals surface area contributed by atoms with Gasteiger partial charge in [0.2, 0.25) is 5.82 Å². The number of nitrogens with one attached hydrogen (secondary N) is 1. The molecule has 2 heterocycles. The van der Waals surface area contributed by atoms with Gasteiger partial charge < -0.3 is 19.0 Å². The average molecular weight is 454 g/mol. The lowest BCUT2D eigenvalue weighted by Gasteiger charge is -2.11. The molecule has 2 aromatic heterocycles. The number of nitrogens with zero attached hydrogens (tertiary/aromatic N) is 2. The Labute approximate surface area is 190 Å². The van der Waals surface area contributed by atoms with E-state index < -0.39 is 0 Å². The fourth-order valence-electron chi connectivity index (χ4n) is 3.52. The van der Waals surface area contributed by atoms with Gasteiger partial charge in [0.15, 0.2) is 0 Å². The molecule has 0 bridgehead atoms. The van der Waals surface area contributed by atoms with Crippen LogP contribution >= 0.6 is 11.6 Å². The molecule has 4 rings (SSSR count). The number of benzene rings is 2. The number of esters is 1. The van der Waals surface area contributed by atoms with Crippen molar-refractivity contribution in [3.8, 4) is 28.6 Å². The quantitative estimate of drug-likeness (QED) is 0.338. The number of aryl methyl sites for hydroxylation is 1. The van der Waals surface area contributed by atoms with Crippen LogP contribution in [0.1, 0.15) is 32.8 Å². The van der Waals surface area contributed by atoms with Gasteiger partial charge in [-0.15, -0.1) is 0 Å². The Bertz CT molecular complexity index is 1250. The monoisotopic (exact) mass is 453 g/mol. The minimum absolute atomic E-state index is 0.0254. The van der Waals surface area contributed by atoms with Crippen LogP contribution in [0, 0.1) is 0 Å². The number of halogens is 1. The fraction of sp³-hybridized carbons (Fsp3) is 0.292. The van der Waals surface area contributed by atoms with Crippen LogP contribution in [0.2, 0.25) is 5.02 Å². The molecule has 0 spiro atoms. The van der Waals surface area contributed by atoms with Crippen molar-refractivity contribution < 1.29 is 18.8 Å². The largest absolute Gasteiger partial charge is 0.489 e. The second-order valence-electron chi connectivity index (χ2n) is 7.58. The van der Waals surface area contributed by atoms with Crippen molar-refractivity contribution in [1.29, 1.82) is 0 Å². The molecule has 2 aromatic carbocycles. The highest BCUT2D eigenvalue weighted by Gasteiger charge is 2.17. The molecular formula is C24H24ClN3O4. The predicted octanol–water partition coefficient (Wildman–Crippen LogP) is 5.82. The third-order valence-corrected chi connectivity index (χ3v) is 5.22. The van der Waals surface area contributed by atoms with Gasteiger partial charge in [-0.25, -0.2) is 0 Å². The Balaban J connectivity index is 1.60. The van der Waals surface area contributed by atoms with Gasteiger partial charge in [-0.3, -0.25) is 4.79 Å². The predicted molar refractivity (Wildman–Crippen MR) is 123 cm³/mol. The Morgan fingerprint density at radius 3 is 2.81 bits per heavy atom. The molecule has 0 saturated heterocycles. The first-order chi connectivity index (χ1) is 15.5. The van der Waals surface area contributed by atoms with Crippen molar-refractivity contribution in [3.05, 3.63) is 53.2 Å². The molecule has 0 aliphatic carbocycles. The summed E-state index contributed by atoms with van der Waals surface area (Å²) in [4.78, 5) is 19.6. The molecule has 0 aliphatic heterocycles. The van der Waals surface area contributed by atoms with Crippen molar-refractivity contribution in [2.75, 3.05) is 6.61 Å². The Kier molecular flexibility index (Phi) is 6.46. The smallest absolute Gasteiger partial charge is 0.306 e. The minimum atomic E-state index is -0.206. The number of aromatic amines is 1. The summed E-state index contributed by atoms with van der Waals surface area (Å²) in [5.74, 6) is 1.24. The van der Waals surface area contributed by atoms with Crippen LogP contribution in [-0.2, 0) is 16.0 Å². The molecule has 0 aliphatic rings. The van der Waals surface area contributed by atoms with Gasteiger partial charge in [-0.2, -0.15) is 4.98 Å². The highest BCUT2D eigenvalue weighted by Crippen LogP contribution is 2.33. The lowest BCUT2D eigenvalue weighted by Crippen LogP contribution is -2.05. The Morgan fingerprint density at radius 1 is 1.22 bits per heavy atom. The van der Waals surface area contributed by atoms with Crippen molar-refractivity contribution >= 4 is 28.5 Å². The van der Waals surface area contributed by atoms with E-state index in [2.05, 4.69) is 15.1 Å². The molecule has 0 unspecified atom stereocenters. The Morgan fingerprint density at radius 2 is 2.06 bits per heavy atom. The summed E-state index contributed by atoms with van der Waals surface area (Å²) < 4.78 is 16.2. The minimum Gasteiger partial charge on any atom is -0.489 e. The lowest BCUT2D eigenvalue weighted by atomic mass is 10.0. The summed E-state index contributed by atoms with van der Waals surface area (Å²) in [5, 5.41) is 5.61. The second-order valence-corrected chi connectivity index (χ2v) is 7.99. The van der Waals surface area contributed by atoms with E-state index in [0.717, 1.165) is 22.0 Å². The van der Waals surface area contributed by atoms with E-state index in [1.165, 1.54) is 0 Å². The molecule has 32 heavy (non-hydrogen) atoms. The molecule has 1 N–H and O–H groups in total. The summed E-state index contributed by atoms with van der Waals surface area (Å²) in [6, 6.07) is 11.3. The van der Waals surface area contributed by atoms with Gasteiger partial charge in [-0.05, 0) is 57.0 Å². The molecule has 166 valence electrons.